The van der Waals surface area contributed by atoms with Crippen molar-refractivity contribution in [2.75, 3.05) is 6.54 Å². The molecule has 13 heteroatoms. The van der Waals surface area contributed by atoms with E-state index in [-0.39, 0.29) is 54.2 Å². The van der Waals surface area contributed by atoms with Crippen LogP contribution in [0.4, 0.5) is 0 Å². The van der Waals surface area contributed by atoms with E-state index in [1.165, 1.54) is 23.5 Å². The number of aliphatic imine (C=N–C) groups is 1. The van der Waals surface area contributed by atoms with Gasteiger partial charge in [0, 0.05) is 25.3 Å². The molecule has 302 valence electrons. The Morgan fingerprint density at radius 1 is 0.678 bits per heavy atom. The number of thiazole rings is 1. The van der Waals surface area contributed by atoms with Crippen LogP contribution in [0.15, 0.2) is 145 Å². The zero-order valence-corrected chi connectivity index (χ0v) is 33.2. The van der Waals surface area contributed by atoms with Crippen molar-refractivity contribution in [1.82, 2.24) is 20.9 Å². The second kappa shape index (κ2) is 20.5. The summed E-state index contributed by atoms with van der Waals surface area (Å²) in [6.45, 7) is 0.224. The number of fused-ring (bicyclic) bond motifs is 1. The van der Waals surface area contributed by atoms with Gasteiger partial charge in [0.2, 0.25) is 23.5 Å². The van der Waals surface area contributed by atoms with Crippen LogP contribution in [0.25, 0.3) is 10.2 Å². The molecule has 1 aromatic heterocycles. The second-order valence-electron chi connectivity index (χ2n) is 14.1. The van der Waals surface area contributed by atoms with Gasteiger partial charge in [0.15, 0.2) is 11.0 Å². The molecule has 0 fully saturated rings. The van der Waals surface area contributed by atoms with Crippen molar-refractivity contribution in [3.05, 3.63) is 167 Å². The molecule has 59 heavy (non-hydrogen) atoms. The number of guanidine groups is 1. The molecule has 0 unspecified atom stereocenters. The number of benzene rings is 5. The minimum atomic E-state index is -1.26. The molecule has 0 saturated heterocycles. The first kappa shape index (κ1) is 41.8. The molecule has 5 aromatic carbocycles. The zero-order chi connectivity index (χ0) is 41.6. The highest BCUT2D eigenvalue weighted by Gasteiger charge is 2.37. The van der Waals surface area contributed by atoms with Crippen molar-refractivity contribution < 1.29 is 24.3 Å². The molecule has 0 aliphatic rings. The Labute approximate surface area is 346 Å². The Morgan fingerprint density at radius 2 is 1.29 bits per heavy atom. The van der Waals surface area contributed by atoms with Gasteiger partial charge in [-0.1, -0.05) is 115 Å². The van der Waals surface area contributed by atoms with E-state index >= 15 is 0 Å². The van der Waals surface area contributed by atoms with Crippen LogP contribution in [0.2, 0.25) is 0 Å². The van der Waals surface area contributed by atoms with Crippen LogP contribution < -0.4 is 27.4 Å². The lowest BCUT2D eigenvalue weighted by Gasteiger charge is -2.31. The first-order valence-corrected chi connectivity index (χ1v) is 20.2. The molecular formula is C46H47N7O5S. The SMILES string of the molecule is NC(N)=NCCC[C@H](NC(=O)[C@@H](NC(=O)[C@H](Cc1ccc(O)cc1)NC(=O)CCc1ccccc1)C(c1ccccc1)c1ccccc1)C(=O)c1nc2ccccc2s1. The summed E-state index contributed by atoms with van der Waals surface area (Å²) in [4.78, 5) is 66.0. The predicted octanol–water partition coefficient (Wildman–Crippen LogP) is 5.40. The van der Waals surface area contributed by atoms with Crippen molar-refractivity contribution in [3.63, 3.8) is 0 Å². The lowest BCUT2D eigenvalue weighted by atomic mass is 9.84. The number of aromatic hydroxyl groups is 1. The van der Waals surface area contributed by atoms with Gasteiger partial charge >= 0.3 is 0 Å². The maximum absolute atomic E-state index is 14.9. The Morgan fingerprint density at radius 3 is 1.92 bits per heavy atom. The highest BCUT2D eigenvalue weighted by atomic mass is 32.1. The Balaban J connectivity index is 1.35. The monoisotopic (exact) mass is 809 g/mol. The van der Waals surface area contributed by atoms with Crippen LogP contribution in [0.1, 0.15) is 57.2 Å². The predicted molar refractivity (Wildman–Crippen MR) is 231 cm³/mol. The normalized spacial score (nSPS) is 12.6. The number of phenols is 1. The highest BCUT2D eigenvalue weighted by Crippen LogP contribution is 2.30. The minimum absolute atomic E-state index is 0.0557. The highest BCUT2D eigenvalue weighted by molar-refractivity contribution is 7.20. The summed E-state index contributed by atoms with van der Waals surface area (Å²) in [6, 6.07) is 38.6. The van der Waals surface area contributed by atoms with E-state index in [2.05, 4.69) is 25.9 Å². The smallest absolute Gasteiger partial charge is 0.244 e. The molecule has 12 nitrogen and oxygen atoms in total. The number of carbonyl (C=O) groups is 4. The van der Waals surface area contributed by atoms with Crippen LogP contribution in [0, 0.1) is 0 Å². The van der Waals surface area contributed by atoms with E-state index in [0.717, 1.165) is 21.4 Å². The minimum Gasteiger partial charge on any atom is -0.508 e. The van der Waals surface area contributed by atoms with Gasteiger partial charge in [-0.15, -0.1) is 11.3 Å². The number of nitrogens with one attached hydrogen (secondary N) is 3. The average Bonchev–Trinajstić information content (AvgIpc) is 3.70. The Bertz CT molecular complexity index is 2280. The third-order valence-corrected chi connectivity index (χ3v) is 10.9. The summed E-state index contributed by atoms with van der Waals surface area (Å²) in [7, 11) is 0. The topological polar surface area (TPSA) is 202 Å². The summed E-state index contributed by atoms with van der Waals surface area (Å²) in [5, 5.41) is 19.1. The van der Waals surface area contributed by atoms with Gasteiger partial charge in [0.1, 0.15) is 17.8 Å². The van der Waals surface area contributed by atoms with Crippen molar-refractivity contribution >= 4 is 51.0 Å². The van der Waals surface area contributed by atoms with Crippen LogP contribution in [-0.4, -0.2) is 64.2 Å². The van der Waals surface area contributed by atoms with Gasteiger partial charge in [-0.2, -0.15) is 0 Å². The molecule has 0 spiro atoms. The summed E-state index contributed by atoms with van der Waals surface area (Å²) in [5.41, 5.74) is 14.9. The third-order valence-electron chi connectivity index (χ3n) is 9.83. The molecule has 3 atom stereocenters. The van der Waals surface area contributed by atoms with Crippen LogP contribution in [0.5, 0.6) is 5.75 Å². The van der Waals surface area contributed by atoms with Crippen molar-refractivity contribution in [2.45, 2.75) is 56.1 Å². The quantitative estimate of drug-likeness (QED) is 0.0270. The molecule has 0 radical (unpaired) electrons. The summed E-state index contributed by atoms with van der Waals surface area (Å²) < 4.78 is 0.824. The number of aryl methyl sites for hydroxylation is 1. The fourth-order valence-electron chi connectivity index (χ4n) is 6.86. The molecule has 6 rings (SSSR count). The fraction of sp³-hybridized carbons (Fsp3) is 0.217. The third kappa shape index (κ3) is 11.8. The van der Waals surface area contributed by atoms with Crippen LogP contribution in [0.3, 0.4) is 0 Å². The summed E-state index contributed by atoms with van der Waals surface area (Å²) in [6.07, 6.45) is 1.20. The first-order chi connectivity index (χ1) is 28.6. The van der Waals surface area contributed by atoms with E-state index in [1.807, 2.05) is 115 Å². The fourth-order valence-corrected chi connectivity index (χ4v) is 7.82. The number of nitrogens with zero attached hydrogens (tertiary/aromatic N) is 2. The van der Waals surface area contributed by atoms with Gasteiger partial charge in [0.25, 0.3) is 0 Å². The summed E-state index contributed by atoms with van der Waals surface area (Å²) >= 11 is 1.23. The summed E-state index contributed by atoms with van der Waals surface area (Å²) in [5.74, 6) is -2.71. The van der Waals surface area contributed by atoms with Gasteiger partial charge in [-0.25, -0.2) is 4.98 Å². The van der Waals surface area contributed by atoms with Crippen LogP contribution in [-0.2, 0) is 27.2 Å². The van der Waals surface area contributed by atoms with E-state index in [1.54, 1.807) is 12.1 Å². The van der Waals surface area contributed by atoms with Gasteiger partial charge in [0.05, 0.1) is 16.3 Å². The number of hydrogen-bond acceptors (Lipinski definition) is 8. The number of aromatic nitrogens is 1. The number of carbonyl (C=O) groups excluding carboxylic acids is 4. The number of nitrogens with two attached hydrogens (primary N) is 2. The van der Waals surface area contributed by atoms with Gasteiger partial charge in [-0.3, -0.25) is 24.2 Å². The first-order valence-electron chi connectivity index (χ1n) is 19.4. The van der Waals surface area contributed by atoms with E-state index in [9.17, 15) is 24.3 Å². The standard InChI is InChI=1S/C46H47N7O5S/c47-46(48)49-28-12-20-36(42(56)45-52-35-19-10-11-21-38(35)59-45)51-44(58)41(40(32-15-6-2-7-16-32)33-17-8-3-9-18-33)53-43(57)37(29-31-22-25-34(54)26-23-31)50-39(55)27-24-30-13-4-1-5-14-30/h1-11,13-19,21-23,25-26,36-37,40-41,54H,12,20,24,27-29H2,(H,50,55)(H,51,58)(H,53,57)(H4,47,48,49)/t36-,37-,41-/m0/s1. The second-order valence-corrected chi connectivity index (χ2v) is 15.2. The van der Waals surface area contributed by atoms with Crippen molar-refractivity contribution in [1.29, 1.82) is 0 Å². The van der Waals surface area contributed by atoms with Gasteiger partial charge in [-0.05, 0) is 65.8 Å². The van der Waals surface area contributed by atoms with E-state index < -0.39 is 35.9 Å². The van der Waals surface area contributed by atoms with Crippen molar-refractivity contribution in [3.8, 4) is 5.75 Å². The molecule has 6 aromatic rings. The zero-order valence-electron chi connectivity index (χ0n) is 32.4. The molecule has 0 aliphatic heterocycles. The number of Topliss-reactive ketones (excluding diaryl/α,β-unsaturated/α-hetero) is 1. The molecule has 0 saturated carbocycles. The number of hydrogen-bond donors (Lipinski definition) is 6. The number of rotatable bonds is 19. The lowest BCUT2D eigenvalue weighted by Crippen LogP contribution is -2.58. The number of ketones is 1. The van der Waals surface area contributed by atoms with Crippen molar-refractivity contribution in [2.24, 2.45) is 16.5 Å². The molecule has 3 amide bonds. The average molecular weight is 810 g/mol. The molecule has 8 N–H and O–H groups in total. The Hall–Kier alpha value is -6.86. The number of phenolic OH excluding ortho intramolecular Hbond substituents is 1. The van der Waals surface area contributed by atoms with Gasteiger partial charge < -0.3 is 32.5 Å². The van der Waals surface area contributed by atoms with E-state index in [4.69, 9.17) is 11.5 Å². The molecule has 0 aliphatic carbocycles. The largest absolute Gasteiger partial charge is 0.508 e. The number of amides is 3. The molecule has 1 heterocycles. The number of para-hydroxylation sites is 1. The maximum atomic E-state index is 14.9. The Kier molecular flexibility index (Phi) is 14.5. The van der Waals surface area contributed by atoms with Crippen LogP contribution >= 0.6 is 11.3 Å². The molecular weight excluding hydrogens is 763 g/mol. The molecule has 0 bridgehead atoms. The maximum Gasteiger partial charge on any atom is 0.244 e. The lowest BCUT2D eigenvalue weighted by molar-refractivity contribution is -0.132. The van der Waals surface area contributed by atoms with E-state index in [0.29, 0.717) is 23.9 Å².